The minimum absolute atomic E-state index is 0.761. The maximum atomic E-state index is 3.86. The quantitative estimate of drug-likeness (QED) is 0.835. The van der Waals surface area contributed by atoms with Crippen LogP contribution in [-0.4, -0.2) is 36.6 Å². The molecule has 0 aromatic rings. The highest BCUT2D eigenvalue weighted by Gasteiger charge is 2.29. The van der Waals surface area contributed by atoms with E-state index < -0.39 is 0 Å². The lowest BCUT2D eigenvalue weighted by Crippen LogP contribution is -2.45. The summed E-state index contributed by atoms with van der Waals surface area (Å²) in [6, 6.07) is 1.53. The van der Waals surface area contributed by atoms with Crippen molar-refractivity contribution in [2.45, 2.75) is 77.8 Å². The lowest BCUT2D eigenvalue weighted by Gasteiger charge is -2.34. The molecule has 0 spiro atoms. The molecule has 0 radical (unpaired) electrons. The van der Waals surface area contributed by atoms with Gasteiger partial charge in [-0.15, -0.1) is 0 Å². The Balaban J connectivity index is 1.89. The summed E-state index contributed by atoms with van der Waals surface area (Å²) in [6.07, 6.45) is 9.99. The van der Waals surface area contributed by atoms with E-state index in [1.807, 2.05) is 0 Å². The lowest BCUT2D eigenvalue weighted by atomic mass is 9.83. The van der Waals surface area contributed by atoms with Gasteiger partial charge in [-0.1, -0.05) is 33.1 Å². The molecule has 1 N–H and O–H groups in total. The van der Waals surface area contributed by atoms with Gasteiger partial charge in [0, 0.05) is 18.6 Å². The Kier molecular flexibility index (Phi) is 6.15. The third-order valence-corrected chi connectivity index (χ3v) is 5.24. The van der Waals surface area contributed by atoms with E-state index in [9.17, 15) is 0 Å². The van der Waals surface area contributed by atoms with Crippen LogP contribution in [0.3, 0.4) is 0 Å². The van der Waals surface area contributed by atoms with Crippen LogP contribution in [0.15, 0.2) is 0 Å². The molecule has 1 aliphatic heterocycles. The summed E-state index contributed by atoms with van der Waals surface area (Å²) < 4.78 is 0. The third-order valence-electron chi connectivity index (χ3n) is 5.24. The van der Waals surface area contributed by atoms with Crippen molar-refractivity contribution in [3.63, 3.8) is 0 Å². The van der Waals surface area contributed by atoms with Gasteiger partial charge in [-0.25, -0.2) is 0 Å². The van der Waals surface area contributed by atoms with Crippen LogP contribution >= 0.6 is 0 Å². The standard InChI is InChI=1S/C17H34N2/c1-14(2)10-12-19-13-17(18-11-9-15(19)3)16-7-5-4-6-8-16/h14-18H,4-13H2,1-3H3. The molecule has 2 heteroatoms. The highest BCUT2D eigenvalue weighted by atomic mass is 15.2. The Morgan fingerprint density at radius 3 is 2.53 bits per heavy atom. The molecule has 1 saturated carbocycles. The summed E-state index contributed by atoms with van der Waals surface area (Å²) in [7, 11) is 0. The normalized spacial score (nSPS) is 31.6. The number of rotatable bonds is 4. The maximum absolute atomic E-state index is 3.86. The average Bonchev–Trinajstić information content (AvgIpc) is 2.59. The van der Waals surface area contributed by atoms with E-state index in [0.29, 0.717) is 0 Å². The van der Waals surface area contributed by atoms with E-state index in [-0.39, 0.29) is 0 Å². The molecule has 2 unspecified atom stereocenters. The Hall–Kier alpha value is -0.0800. The van der Waals surface area contributed by atoms with Gasteiger partial charge in [0.25, 0.3) is 0 Å². The minimum Gasteiger partial charge on any atom is -0.312 e. The van der Waals surface area contributed by atoms with Crippen LogP contribution in [0.2, 0.25) is 0 Å². The van der Waals surface area contributed by atoms with Crippen molar-refractivity contribution in [3.8, 4) is 0 Å². The third kappa shape index (κ3) is 4.75. The van der Waals surface area contributed by atoms with Crippen molar-refractivity contribution >= 4 is 0 Å². The summed E-state index contributed by atoms with van der Waals surface area (Å²) in [6.45, 7) is 10.9. The van der Waals surface area contributed by atoms with Crippen LogP contribution in [0.4, 0.5) is 0 Å². The molecule has 2 fully saturated rings. The topological polar surface area (TPSA) is 15.3 Å². The molecule has 19 heavy (non-hydrogen) atoms. The second-order valence-electron chi connectivity index (χ2n) is 7.27. The van der Waals surface area contributed by atoms with E-state index >= 15 is 0 Å². The van der Waals surface area contributed by atoms with E-state index in [2.05, 4.69) is 31.0 Å². The molecule has 1 heterocycles. The Morgan fingerprint density at radius 1 is 1.11 bits per heavy atom. The highest BCUT2D eigenvalue weighted by molar-refractivity contribution is 4.86. The fraction of sp³-hybridized carbons (Fsp3) is 1.00. The van der Waals surface area contributed by atoms with E-state index in [4.69, 9.17) is 0 Å². The molecular weight excluding hydrogens is 232 g/mol. The van der Waals surface area contributed by atoms with Gasteiger partial charge in [-0.05, 0) is 57.5 Å². The SMILES string of the molecule is CC(C)CCN1CC(C2CCCCC2)NCCC1C. The molecule has 2 atom stereocenters. The summed E-state index contributed by atoms with van der Waals surface area (Å²) in [5.41, 5.74) is 0. The van der Waals surface area contributed by atoms with E-state index in [1.54, 1.807) is 0 Å². The summed E-state index contributed by atoms with van der Waals surface area (Å²) in [5.74, 6) is 1.78. The zero-order chi connectivity index (χ0) is 13.7. The van der Waals surface area contributed by atoms with Crippen LogP contribution in [0.1, 0.15) is 65.7 Å². The molecule has 0 aromatic carbocycles. The van der Waals surface area contributed by atoms with Crippen molar-refractivity contribution in [2.75, 3.05) is 19.6 Å². The molecule has 2 nitrogen and oxygen atoms in total. The smallest absolute Gasteiger partial charge is 0.0223 e. The van der Waals surface area contributed by atoms with Crippen LogP contribution < -0.4 is 5.32 Å². The van der Waals surface area contributed by atoms with Crippen molar-refractivity contribution in [2.24, 2.45) is 11.8 Å². The predicted molar refractivity (Wildman–Crippen MR) is 83.5 cm³/mol. The van der Waals surface area contributed by atoms with Crippen molar-refractivity contribution in [1.29, 1.82) is 0 Å². The Morgan fingerprint density at radius 2 is 1.84 bits per heavy atom. The van der Waals surface area contributed by atoms with Gasteiger partial charge in [-0.2, -0.15) is 0 Å². The molecule has 112 valence electrons. The van der Waals surface area contributed by atoms with Crippen LogP contribution in [0, 0.1) is 11.8 Å². The Labute approximate surface area is 120 Å². The molecule has 2 aliphatic rings. The number of hydrogen-bond donors (Lipinski definition) is 1. The molecule has 2 rings (SSSR count). The molecule has 0 aromatic heterocycles. The van der Waals surface area contributed by atoms with Crippen LogP contribution in [-0.2, 0) is 0 Å². The van der Waals surface area contributed by atoms with E-state index in [1.165, 1.54) is 64.6 Å². The number of hydrogen-bond acceptors (Lipinski definition) is 2. The molecule has 0 bridgehead atoms. The molecular formula is C17H34N2. The van der Waals surface area contributed by atoms with Gasteiger partial charge in [-0.3, -0.25) is 4.90 Å². The highest BCUT2D eigenvalue weighted by Crippen LogP contribution is 2.28. The maximum Gasteiger partial charge on any atom is 0.0223 e. The van der Waals surface area contributed by atoms with Crippen molar-refractivity contribution in [1.82, 2.24) is 10.2 Å². The van der Waals surface area contributed by atoms with Gasteiger partial charge in [0.15, 0.2) is 0 Å². The van der Waals surface area contributed by atoms with Crippen LogP contribution in [0.25, 0.3) is 0 Å². The number of nitrogens with zero attached hydrogens (tertiary/aromatic N) is 1. The number of nitrogens with one attached hydrogen (secondary N) is 1. The molecule has 1 saturated heterocycles. The average molecular weight is 266 g/mol. The van der Waals surface area contributed by atoms with Crippen molar-refractivity contribution in [3.05, 3.63) is 0 Å². The second kappa shape index (κ2) is 7.64. The zero-order valence-electron chi connectivity index (χ0n) is 13.3. The Bertz CT molecular complexity index is 246. The molecule has 0 amide bonds. The zero-order valence-corrected chi connectivity index (χ0v) is 13.3. The van der Waals surface area contributed by atoms with Gasteiger partial charge >= 0.3 is 0 Å². The first kappa shape index (κ1) is 15.3. The monoisotopic (exact) mass is 266 g/mol. The first-order valence-corrected chi connectivity index (χ1v) is 8.64. The fourth-order valence-electron chi connectivity index (χ4n) is 3.75. The molecule has 1 aliphatic carbocycles. The summed E-state index contributed by atoms with van der Waals surface area (Å²) >= 11 is 0. The van der Waals surface area contributed by atoms with E-state index in [0.717, 1.165) is 23.9 Å². The predicted octanol–water partition coefficient (Wildman–Crippen LogP) is 3.67. The minimum atomic E-state index is 0.761. The van der Waals surface area contributed by atoms with Gasteiger partial charge in [0.2, 0.25) is 0 Å². The second-order valence-corrected chi connectivity index (χ2v) is 7.27. The van der Waals surface area contributed by atoms with Crippen molar-refractivity contribution < 1.29 is 0 Å². The first-order valence-electron chi connectivity index (χ1n) is 8.64. The van der Waals surface area contributed by atoms with Crippen LogP contribution in [0.5, 0.6) is 0 Å². The summed E-state index contributed by atoms with van der Waals surface area (Å²) in [4.78, 5) is 2.76. The first-order chi connectivity index (χ1) is 9.16. The van der Waals surface area contributed by atoms with Gasteiger partial charge in [0.05, 0.1) is 0 Å². The van der Waals surface area contributed by atoms with Gasteiger partial charge in [0.1, 0.15) is 0 Å². The largest absolute Gasteiger partial charge is 0.312 e. The summed E-state index contributed by atoms with van der Waals surface area (Å²) in [5, 5.41) is 3.86. The fourth-order valence-corrected chi connectivity index (χ4v) is 3.75. The lowest BCUT2D eigenvalue weighted by molar-refractivity contribution is 0.165. The van der Waals surface area contributed by atoms with Gasteiger partial charge < -0.3 is 5.32 Å².